The molecule has 0 unspecified atom stereocenters. The first-order chi connectivity index (χ1) is 12.1. The lowest BCUT2D eigenvalue weighted by molar-refractivity contribution is 0.153. The molecule has 0 saturated heterocycles. The highest BCUT2D eigenvalue weighted by molar-refractivity contribution is 5.86. The lowest BCUT2D eigenvalue weighted by Gasteiger charge is -2.11. The molecule has 0 atom stereocenters. The molecule has 3 aromatic rings. The van der Waals surface area contributed by atoms with Gasteiger partial charge in [-0.1, -0.05) is 25.5 Å². The number of pyridine rings is 1. The predicted octanol–water partition coefficient (Wildman–Crippen LogP) is 5.15. The van der Waals surface area contributed by atoms with E-state index in [0.717, 1.165) is 12.8 Å². The zero-order valence-electron chi connectivity index (χ0n) is 14.6. The Morgan fingerprint density at radius 2 is 2.00 bits per heavy atom. The number of methoxy groups -OCH3 is 1. The number of halogens is 2. The summed E-state index contributed by atoms with van der Waals surface area (Å²) in [5.74, 6) is 0.603. The Morgan fingerprint density at radius 3 is 2.68 bits per heavy atom. The smallest absolute Gasteiger partial charge is 0.264 e. The lowest BCUT2D eigenvalue weighted by Crippen LogP contribution is -2.02. The van der Waals surface area contributed by atoms with Gasteiger partial charge in [-0.25, -0.2) is 18.4 Å². The Balaban J connectivity index is 2.27. The predicted molar refractivity (Wildman–Crippen MR) is 94.1 cm³/mol. The van der Waals surface area contributed by atoms with E-state index in [1.807, 2.05) is 18.2 Å². The first-order valence-electron chi connectivity index (χ1n) is 8.36. The molecule has 0 N–H and O–H groups in total. The molecule has 25 heavy (non-hydrogen) atoms. The third-order valence-electron chi connectivity index (χ3n) is 4.25. The van der Waals surface area contributed by atoms with Crippen molar-refractivity contribution in [2.45, 2.75) is 39.7 Å². The number of nitrogens with zero attached hydrogens (tertiary/aromatic N) is 3. The number of aromatic nitrogens is 3. The van der Waals surface area contributed by atoms with Crippen molar-refractivity contribution < 1.29 is 13.5 Å². The molecule has 3 rings (SSSR count). The van der Waals surface area contributed by atoms with Crippen LogP contribution in [0.1, 0.15) is 37.4 Å². The minimum absolute atomic E-state index is 0.0360. The first-order valence-corrected chi connectivity index (χ1v) is 8.36. The number of hydrogen-bond donors (Lipinski definition) is 0. The Kier molecular flexibility index (Phi) is 4.97. The van der Waals surface area contributed by atoms with E-state index in [-0.39, 0.29) is 5.56 Å². The average Bonchev–Trinajstić information content (AvgIpc) is 2.94. The summed E-state index contributed by atoms with van der Waals surface area (Å²) in [6, 6.07) is 8.74. The molecular weight excluding hydrogens is 324 g/mol. The maximum absolute atomic E-state index is 13.7. The van der Waals surface area contributed by atoms with Crippen LogP contribution < -0.4 is 4.74 Å². The molecule has 0 amide bonds. The van der Waals surface area contributed by atoms with Crippen molar-refractivity contribution in [2.75, 3.05) is 7.11 Å². The van der Waals surface area contributed by atoms with E-state index >= 15 is 0 Å². The number of aryl methyl sites for hydroxylation is 2. The Hall–Kier alpha value is -2.50. The molecule has 0 aliphatic rings. The van der Waals surface area contributed by atoms with Gasteiger partial charge in [-0.2, -0.15) is 5.10 Å². The second-order valence-corrected chi connectivity index (χ2v) is 5.96. The fraction of sp³-hybridized carbons (Fsp3) is 0.368. The van der Waals surface area contributed by atoms with E-state index in [0.29, 0.717) is 40.3 Å². The van der Waals surface area contributed by atoms with Crippen molar-refractivity contribution in [1.29, 1.82) is 0 Å². The quantitative estimate of drug-likeness (QED) is 0.620. The molecule has 4 nitrogen and oxygen atoms in total. The maximum Gasteiger partial charge on any atom is 0.264 e. The minimum Gasteiger partial charge on any atom is -0.496 e. The summed E-state index contributed by atoms with van der Waals surface area (Å²) < 4.78 is 34.5. The molecule has 2 aromatic heterocycles. The molecule has 2 heterocycles. The van der Waals surface area contributed by atoms with Crippen LogP contribution in [-0.2, 0) is 6.54 Å². The number of hydrogen-bond acceptors (Lipinski definition) is 3. The molecule has 0 bridgehead atoms. The van der Waals surface area contributed by atoms with Gasteiger partial charge in [0.1, 0.15) is 5.75 Å². The van der Waals surface area contributed by atoms with Crippen LogP contribution in [0.3, 0.4) is 0 Å². The van der Waals surface area contributed by atoms with Crippen molar-refractivity contribution in [3.8, 4) is 17.0 Å². The number of ether oxygens (including phenoxy) is 1. The van der Waals surface area contributed by atoms with Crippen molar-refractivity contribution in [3.05, 3.63) is 41.6 Å². The topological polar surface area (TPSA) is 39.9 Å². The molecule has 132 valence electrons. The highest BCUT2D eigenvalue weighted by atomic mass is 19.3. The van der Waals surface area contributed by atoms with Gasteiger partial charge >= 0.3 is 0 Å². The Morgan fingerprint density at radius 1 is 1.24 bits per heavy atom. The van der Waals surface area contributed by atoms with Crippen LogP contribution in [0.5, 0.6) is 5.75 Å². The monoisotopic (exact) mass is 345 g/mol. The van der Waals surface area contributed by atoms with E-state index < -0.39 is 6.43 Å². The first kappa shape index (κ1) is 17.3. The summed E-state index contributed by atoms with van der Waals surface area (Å²) in [5, 5.41) is 4.89. The van der Waals surface area contributed by atoms with Gasteiger partial charge < -0.3 is 4.74 Å². The summed E-state index contributed by atoms with van der Waals surface area (Å²) in [5.41, 5.74) is 2.21. The van der Waals surface area contributed by atoms with Crippen molar-refractivity contribution in [3.63, 3.8) is 0 Å². The second-order valence-electron chi connectivity index (χ2n) is 5.96. The number of fused-ring (bicyclic) bond motifs is 1. The SMILES string of the molecule is CCCCn1nc(C)c2c(C(F)F)cc(-c3ccccc3OC)nc21. The number of rotatable bonds is 6. The van der Waals surface area contributed by atoms with Crippen LogP contribution >= 0.6 is 0 Å². The molecule has 0 fully saturated rings. The van der Waals surface area contributed by atoms with Crippen LogP contribution in [0.15, 0.2) is 30.3 Å². The van der Waals surface area contributed by atoms with E-state index in [1.165, 1.54) is 6.07 Å². The number of benzene rings is 1. The van der Waals surface area contributed by atoms with Gasteiger partial charge in [0.25, 0.3) is 6.43 Å². The van der Waals surface area contributed by atoms with Gasteiger partial charge in [0, 0.05) is 17.7 Å². The van der Waals surface area contributed by atoms with E-state index in [4.69, 9.17) is 4.74 Å². The highest BCUT2D eigenvalue weighted by Crippen LogP contribution is 2.35. The van der Waals surface area contributed by atoms with Crippen LogP contribution in [0.25, 0.3) is 22.3 Å². The number of para-hydroxylation sites is 1. The summed E-state index contributed by atoms with van der Waals surface area (Å²) in [7, 11) is 1.56. The van der Waals surface area contributed by atoms with Crippen molar-refractivity contribution >= 4 is 11.0 Å². The molecule has 0 aliphatic heterocycles. The van der Waals surface area contributed by atoms with Gasteiger partial charge in [0.05, 0.1) is 23.9 Å². The summed E-state index contributed by atoms with van der Waals surface area (Å²) in [4.78, 5) is 4.66. The third-order valence-corrected chi connectivity index (χ3v) is 4.25. The third kappa shape index (κ3) is 3.21. The fourth-order valence-electron chi connectivity index (χ4n) is 3.02. The average molecular weight is 345 g/mol. The fourth-order valence-corrected chi connectivity index (χ4v) is 3.02. The normalized spacial score (nSPS) is 11.4. The highest BCUT2D eigenvalue weighted by Gasteiger charge is 2.21. The van der Waals surface area contributed by atoms with Crippen molar-refractivity contribution in [1.82, 2.24) is 14.8 Å². The summed E-state index contributed by atoms with van der Waals surface area (Å²) in [6.07, 6.45) is -0.684. The van der Waals surface area contributed by atoms with Gasteiger partial charge in [-0.05, 0) is 31.5 Å². The zero-order valence-corrected chi connectivity index (χ0v) is 14.6. The minimum atomic E-state index is -2.60. The Bertz CT molecular complexity index is 890. The van der Waals surface area contributed by atoms with E-state index in [9.17, 15) is 8.78 Å². The van der Waals surface area contributed by atoms with Crippen LogP contribution in [0, 0.1) is 6.92 Å². The Labute approximate surface area is 145 Å². The molecule has 0 radical (unpaired) electrons. The molecular formula is C19H21F2N3O. The van der Waals surface area contributed by atoms with Crippen LogP contribution in [0.2, 0.25) is 0 Å². The van der Waals surface area contributed by atoms with Gasteiger partial charge in [-0.15, -0.1) is 0 Å². The summed E-state index contributed by atoms with van der Waals surface area (Å²) in [6.45, 7) is 4.49. The summed E-state index contributed by atoms with van der Waals surface area (Å²) >= 11 is 0. The van der Waals surface area contributed by atoms with Crippen LogP contribution in [0.4, 0.5) is 8.78 Å². The largest absolute Gasteiger partial charge is 0.496 e. The maximum atomic E-state index is 13.7. The van der Waals surface area contributed by atoms with Gasteiger partial charge in [-0.3, -0.25) is 0 Å². The lowest BCUT2D eigenvalue weighted by atomic mass is 10.0. The molecule has 0 spiro atoms. The zero-order chi connectivity index (χ0) is 18.0. The standard InChI is InChI=1S/C19H21F2N3O/c1-4-5-10-24-19-17(12(2)23-24)14(18(20)21)11-15(22-19)13-8-6-7-9-16(13)25-3/h6-9,11,18H,4-5,10H2,1-3H3. The van der Waals surface area contributed by atoms with E-state index in [1.54, 1.807) is 24.8 Å². The molecule has 6 heteroatoms. The second kappa shape index (κ2) is 7.17. The number of unbranched alkanes of at least 4 members (excludes halogenated alkanes) is 1. The van der Waals surface area contributed by atoms with Crippen LogP contribution in [-0.4, -0.2) is 21.9 Å². The molecule has 0 aliphatic carbocycles. The van der Waals surface area contributed by atoms with Crippen molar-refractivity contribution in [2.24, 2.45) is 0 Å². The van der Waals surface area contributed by atoms with E-state index in [2.05, 4.69) is 17.0 Å². The molecule has 0 saturated carbocycles. The van der Waals surface area contributed by atoms with Gasteiger partial charge in [0.2, 0.25) is 0 Å². The van der Waals surface area contributed by atoms with Gasteiger partial charge in [0.15, 0.2) is 5.65 Å². The molecule has 1 aromatic carbocycles. The number of alkyl halides is 2.